The second-order valence-corrected chi connectivity index (χ2v) is 9.72. The third-order valence-corrected chi connectivity index (χ3v) is 5.88. The van der Waals surface area contributed by atoms with Gasteiger partial charge in [-0.25, -0.2) is 5.01 Å². The Labute approximate surface area is 238 Å². The third-order valence-electron chi connectivity index (χ3n) is 5.88. The second-order valence-electron chi connectivity index (χ2n) is 9.72. The monoisotopic (exact) mass is 552 g/mol. The van der Waals surface area contributed by atoms with E-state index in [1.165, 1.54) is 0 Å². The van der Waals surface area contributed by atoms with Gasteiger partial charge in [0.15, 0.2) is 11.6 Å². The van der Waals surface area contributed by atoms with Crippen LogP contribution >= 0.6 is 0 Å². The standard InChI is InChI=1S/C19H30N4O2.C10H14N4O/c1-6-7-8-9-10-11-23(5)13-17(12-20-4)14-24-15-18-21-19(16(2)3)25-22-18;1-8-10(15)4-5-14(13(8)3)9-6-11-12(2)7-9/h6-10,12,16,20H,1,11,13-15H2,2-5H3;4-8H,1-3H3/b8-7-,10-9+,17-12+;. The predicted molar refractivity (Wildman–Crippen MR) is 158 cm³/mol. The Morgan fingerprint density at radius 3 is 2.70 bits per heavy atom. The number of nitrogens with one attached hydrogen (secondary N) is 1. The lowest BCUT2D eigenvalue weighted by atomic mass is 10.2. The molecule has 1 unspecified atom stereocenters. The summed E-state index contributed by atoms with van der Waals surface area (Å²) in [5, 5.41) is 14.9. The largest absolute Gasteiger partial charge is 0.394 e. The minimum Gasteiger partial charge on any atom is -0.394 e. The van der Waals surface area contributed by atoms with Crippen molar-refractivity contribution >= 4 is 11.5 Å². The molecule has 0 bridgehead atoms. The Hall–Kier alpha value is -3.80. The molecular formula is C29H44N8O3. The van der Waals surface area contributed by atoms with Crippen LogP contribution in [0.3, 0.4) is 0 Å². The third kappa shape index (κ3) is 10.8. The number of aryl methyl sites for hydroxylation is 1. The zero-order valence-corrected chi connectivity index (χ0v) is 24.8. The summed E-state index contributed by atoms with van der Waals surface area (Å²) in [5.74, 6) is 1.57. The Morgan fingerprint density at radius 1 is 1.30 bits per heavy atom. The summed E-state index contributed by atoms with van der Waals surface area (Å²) in [5.41, 5.74) is 2.10. The highest BCUT2D eigenvalue weighted by Crippen LogP contribution is 2.20. The van der Waals surface area contributed by atoms with E-state index in [1.807, 2.05) is 82.6 Å². The van der Waals surface area contributed by atoms with Crippen LogP contribution in [0, 0.1) is 0 Å². The quantitative estimate of drug-likeness (QED) is 0.371. The molecule has 0 spiro atoms. The van der Waals surface area contributed by atoms with Crippen molar-refractivity contribution in [3.63, 3.8) is 0 Å². The van der Waals surface area contributed by atoms with Crippen molar-refractivity contribution in [3.05, 3.63) is 85.1 Å². The van der Waals surface area contributed by atoms with E-state index < -0.39 is 0 Å². The molecule has 0 radical (unpaired) electrons. The summed E-state index contributed by atoms with van der Waals surface area (Å²) in [7, 11) is 7.71. The summed E-state index contributed by atoms with van der Waals surface area (Å²) < 4.78 is 12.6. The number of likely N-dealkylation sites (N-methyl/N-ethyl adjacent to an activating group) is 2. The van der Waals surface area contributed by atoms with Gasteiger partial charge >= 0.3 is 0 Å². The highest BCUT2D eigenvalue weighted by Gasteiger charge is 2.25. The molecule has 11 nitrogen and oxygen atoms in total. The van der Waals surface area contributed by atoms with Crippen molar-refractivity contribution in [2.75, 3.05) is 45.8 Å². The fourth-order valence-corrected chi connectivity index (χ4v) is 3.60. The van der Waals surface area contributed by atoms with Crippen LogP contribution in [0.2, 0.25) is 0 Å². The molecule has 2 aromatic heterocycles. The number of ketones is 1. The van der Waals surface area contributed by atoms with Gasteiger partial charge in [0, 0.05) is 58.6 Å². The summed E-state index contributed by atoms with van der Waals surface area (Å²) in [4.78, 5) is 17.9. The minimum atomic E-state index is -0.129. The van der Waals surface area contributed by atoms with E-state index in [-0.39, 0.29) is 17.7 Å². The predicted octanol–water partition coefficient (Wildman–Crippen LogP) is 3.60. The van der Waals surface area contributed by atoms with E-state index in [9.17, 15) is 4.79 Å². The SMILES string of the molecule is C=C/C=C\C=C\CN(C)C/C(=C\NC)COCc1noc(C(C)C)n1.CC1C(=O)C=CN(c2cnn(C)c2)N1C. The van der Waals surface area contributed by atoms with Gasteiger partial charge in [-0.2, -0.15) is 10.1 Å². The van der Waals surface area contributed by atoms with Crippen molar-refractivity contribution < 1.29 is 14.1 Å². The fraction of sp³-hybridized carbons (Fsp3) is 0.448. The van der Waals surface area contributed by atoms with Gasteiger partial charge in [-0.3, -0.25) is 19.4 Å². The lowest BCUT2D eigenvalue weighted by molar-refractivity contribution is -0.119. The average Bonchev–Trinajstić information content (AvgIpc) is 3.57. The van der Waals surface area contributed by atoms with Crippen molar-refractivity contribution in [2.24, 2.45) is 7.05 Å². The highest BCUT2D eigenvalue weighted by atomic mass is 16.5. The van der Waals surface area contributed by atoms with Crippen molar-refractivity contribution in [3.8, 4) is 0 Å². The molecular weight excluding hydrogens is 508 g/mol. The van der Waals surface area contributed by atoms with E-state index in [4.69, 9.17) is 9.26 Å². The molecule has 40 heavy (non-hydrogen) atoms. The van der Waals surface area contributed by atoms with Gasteiger partial charge in [-0.05, 0) is 25.7 Å². The van der Waals surface area contributed by atoms with E-state index in [2.05, 4.69) is 45.2 Å². The molecule has 0 aliphatic carbocycles. The van der Waals surface area contributed by atoms with Crippen molar-refractivity contribution in [1.82, 2.24) is 35.1 Å². The number of anilines is 1. The van der Waals surface area contributed by atoms with Crippen LogP contribution in [0.15, 0.2) is 77.9 Å². The Kier molecular flexibility index (Phi) is 13.8. The molecule has 0 aromatic carbocycles. The fourth-order valence-electron chi connectivity index (χ4n) is 3.60. The molecule has 0 fully saturated rings. The summed E-state index contributed by atoms with van der Waals surface area (Å²) in [6.07, 6.45) is 18.7. The second kappa shape index (κ2) is 17.0. The summed E-state index contributed by atoms with van der Waals surface area (Å²) in [6.45, 7) is 12.1. The van der Waals surface area contributed by atoms with Gasteiger partial charge in [0.25, 0.3) is 0 Å². The zero-order chi connectivity index (χ0) is 29.5. The molecule has 218 valence electrons. The number of aromatic nitrogens is 4. The maximum atomic E-state index is 11.4. The molecule has 2 aromatic rings. The molecule has 1 N–H and O–H groups in total. The van der Waals surface area contributed by atoms with Crippen LogP contribution < -0.4 is 10.3 Å². The number of ether oxygens (including phenoxy) is 1. The topological polar surface area (TPSA) is 105 Å². The number of allylic oxidation sites excluding steroid dienone is 4. The number of hydrogen-bond donors (Lipinski definition) is 1. The van der Waals surface area contributed by atoms with Crippen LogP contribution in [0.25, 0.3) is 0 Å². The van der Waals surface area contributed by atoms with Crippen LogP contribution in [0.5, 0.6) is 0 Å². The van der Waals surface area contributed by atoms with Gasteiger partial charge in [0.2, 0.25) is 5.89 Å². The highest BCUT2D eigenvalue weighted by molar-refractivity contribution is 5.95. The maximum Gasteiger partial charge on any atom is 0.229 e. The first-order chi connectivity index (χ1) is 19.2. The molecule has 0 saturated carbocycles. The normalized spacial score (nSPS) is 16.4. The van der Waals surface area contributed by atoms with E-state index in [0.29, 0.717) is 24.9 Å². The summed E-state index contributed by atoms with van der Waals surface area (Å²) in [6, 6.07) is -0.129. The number of carbonyl (C=O) groups excluding carboxylic acids is 1. The average molecular weight is 553 g/mol. The minimum absolute atomic E-state index is 0.123. The number of rotatable bonds is 13. The van der Waals surface area contributed by atoms with Gasteiger partial charge in [-0.1, -0.05) is 56.0 Å². The van der Waals surface area contributed by atoms with E-state index in [0.717, 1.165) is 24.4 Å². The molecule has 0 saturated heterocycles. The molecule has 3 heterocycles. The first kappa shape index (κ1) is 32.4. The van der Waals surface area contributed by atoms with Crippen LogP contribution in [0.4, 0.5) is 5.69 Å². The smallest absolute Gasteiger partial charge is 0.229 e. The number of nitrogens with zero attached hydrogens (tertiary/aromatic N) is 7. The number of carbonyl (C=O) groups is 1. The lowest BCUT2D eigenvalue weighted by Gasteiger charge is -2.36. The molecule has 11 heteroatoms. The Morgan fingerprint density at radius 2 is 2.08 bits per heavy atom. The zero-order valence-electron chi connectivity index (χ0n) is 24.8. The first-order valence-corrected chi connectivity index (χ1v) is 13.3. The molecule has 3 rings (SSSR count). The number of hydrazine groups is 1. The molecule has 0 amide bonds. The van der Waals surface area contributed by atoms with Crippen molar-refractivity contribution in [1.29, 1.82) is 0 Å². The van der Waals surface area contributed by atoms with E-state index in [1.54, 1.807) is 29.2 Å². The summed E-state index contributed by atoms with van der Waals surface area (Å²) >= 11 is 0. The maximum absolute atomic E-state index is 11.4. The van der Waals surface area contributed by atoms with Gasteiger partial charge in [0.1, 0.15) is 6.61 Å². The van der Waals surface area contributed by atoms with Gasteiger partial charge in [-0.15, -0.1) is 0 Å². The van der Waals surface area contributed by atoms with Crippen LogP contribution in [0.1, 0.15) is 38.4 Å². The Bertz CT molecular complexity index is 1180. The van der Waals surface area contributed by atoms with E-state index >= 15 is 0 Å². The van der Waals surface area contributed by atoms with Crippen LogP contribution in [-0.2, 0) is 23.2 Å². The van der Waals surface area contributed by atoms with Gasteiger partial charge < -0.3 is 14.6 Å². The number of hydrogen-bond acceptors (Lipinski definition) is 10. The van der Waals surface area contributed by atoms with Crippen LogP contribution in [-0.4, -0.2) is 82.5 Å². The molecule has 1 atom stereocenters. The Balaban J connectivity index is 0.000000315. The lowest BCUT2D eigenvalue weighted by Crippen LogP contribution is -2.48. The van der Waals surface area contributed by atoms with Crippen molar-refractivity contribution in [2.45, 2.75) is 39.3 Å². The van der Waals surface area contributed by atoms with Gasteiger partial charge in [0.05, 0.1) is 24.5 Å². The molecule has 1 aliphatic rings. The molecule has 1 aliphatic heterocycles. The first-order valence-electron chi connectivity index (χ1n) is 13.3.